The van der Waals surface area contributed by atoms with Gasteiger partial charge >= 0.3 is 0 Å². The van der Waals surface area contributed by atoms with Crippen molar-refractivity contribution in [2.24, 2.45) is 0 Å². The minimum absolute atomic E-state index is 0.0289. The van der Waals surface area contributed by atoms with Gasteiger partial charge in [0.15, 0.2) is 0 Å². The molecule has 0 atom stereocenters. The highest BCUT2D eigenvalue weighted by Crippen LogP contribution is 2.27. The molecule has 1 saturated heterocycles. The minimum atomic E-state index is -0.0958. The molecule has 0 saturated carbocycles. The van der Waals surface area contributed by atoms with E-state index in [9.17, 15) is 9.59 Å². The van der Waals surface area contributed by atoms with Crippen LogP contribution in [0.4, 0.5) is 11.4 Å². The molecule has 0 aromatic heterocycles. The highest BCUT2D eigenvalue weighted by atomic mass is 35.5. The van der Waals surface area contributed by atoms with Crippen LogP contribution in [0.25, 0.3) is 0 Å². The molecule has 1 fully saturated rings. The van der Waals surface area contributed by atoms with Crippen LogP contribution in [0.3, 0.4) is 0 Å². The van der Waals surface area contributed by atoms with E-state index in [2.05, 4.69) is 20.4 Å². The summed E-state index contributed by atoms with van der Waals surface area (Å²) in [5, 5.41) is 6.20. The van der Waals surface area contributed by atoms with Crippen molar-refractivity contribution in [3.05, 3.63) is 53.6 Å². The Kier molecular flexibility index (Phi) is 7.46. The van der Waals surface area contributed by atoms with Gasteiger partial charge in [-0.05, 0) is 30.3 Å². The molecule has 2 N–H and O–H groups in total. The highest BCUT2D eigenvalue weighted by Gasteiger charge is 2.20. The number of rotatable bonds is 7. The van der Waals surface area contributed by atoms with Crippen LogP contribution in [0.2, 0.25) is 5.02 Å². The van der Waals surface area contributed by atoms with Crippen LogP contribution >= 0.6 is 11.6 Å². The summed E-state index contributed by atoms with van der Waals surface area (Å²) in [4.78, 5) is 28.6. The lowest BCUT2D eigenvalue weighted by atomic mass is 10.2. The van der Waals surface area contributed by atoms with Gasteiger partial charge in [-0.25, -0.2) is 0 Å². The van der Waals surface area contributed by atoms with Gasteiger partial charge in [-0.15, -0.1) is 0 Å². The van der Waals surface area contributed by atoms with Crippen molar-refractivity contribution < 1.29 is 14.3 Å². The zero-order chi connectivity index (χ0) is 20.6. The number of hydrogen-bond acceptors (Lipinski definition) is 5. The molecule has 8 heteroatoms. The topological polar surface area (TPSA) is 73.9 Å². The quantitative estimate of drug-likeness (QED) is 0.725. The van der Waals surface area contributed by atoms with Crippen LogP contribution in [-0.4, -0.2) is 68.0 Å². The lowest BCUT2D eigenvalue weighted by Crippen LogP contribution is -2.50. The van der Waals surface area contributed by atoms with Gasteiger partial charge in [-0.3, -0.25) is 19.4 Å². The van der Waals surface area contributed by atoms with E-state index in [0.717, 1.165) is 31.9 Å². The Morgan fingerprint density at radius 2 is 1.45 bits per heavy atom. The Hall–Kier alpha value is -2.61. The molecule has 1 aliphatic rings. The summed E-state index contributed by atoms with van der Waals surface area (Å²) in [5.74, 6) is 0.442. The number of amides is 2. The summed E-state index contributed by atoms with van der Waals surface area (Å²) in [7, 11) is 1.55. The van der Waals surface area contributed by atoms with Crippen LogP contribution in [0, 0.1) is 0 Å². The van der Waals surface area contributed by atoms with Crippen molar-refractivity contribution in [1.29, 1.82) is 0 Å². The number of ether oxygens (including phenoxy) is 1. The van der Waals surface area contributed by atoms with Gasteiger partial charge in [0.25, 0.3) is 0 Å². The number of carbonyl (C=O) groups is 2. The fourth-order valence-corrected chi connectivity index (χ4v) is 3.44. The van der Waals surface area contributed by atoms with Gasteiger partial charge < -0.3 is 15.4 Å². The number of hydrogen-bond donors (Lipinski definition) is 2. The molecule has 3 rings (SSSR count). The number of benzene rings is 2. The SMILES string of the molecule is COc1ccc(NC(=O)CN2CCN(CC(=O)Nc3ccccc3)CC2)cc1Cl. The van der Waals surface area contributed by atoms with E-state index in [1.165, 1.54) is 0 Å². The third kappa shape index (κ3) is 6.45. The molecule has 154 valence electrons. The average molecular weight is 417 g/mol. The minimum Gasteiger partial charge on any atom is -0.495 e. The predicted octanol–water partition coefficient (Wildman–Crippen LogP) is 2.54. The van der Waals surface area contributed by atoms with Crippen molar-refractivity contribution in [1.82, 2.24) is 9.80 Å². The molecule has 2 aromatic rings. The fraction of sp³-hybridized carbons (Fsp3) is 0.333. The fourth-order valence-electron chi connectivity index (χ4n) is 3.18. The van der Waals surface area contributed by atoms with Crippen molar-refractivity contribution >= 4 is 34.8 Å². The highest BCUT2D eigenvalue weighted by molar-refractivity contribution is 6.32. The third-order valence-electron chi connectivity index (χ3n) is 4.69. The first-order valence-corrected chi connectivity index (χ1v) is 9.84. The van der Waals surface area contributed by atoms with Crippen molar-refractivity contribution in [2.75, 3.05) is 57.0 Å². The van der Waals surface area contributed by atoms with Crippen molar-refractivity contribution in [3.63, 3.8) is 0 Å². The van der Waals surface area contributed by atoms with Gasteiger partial charge in [0, 0.05) is 37.6 Å². The number of anilines is 2. The first-order valence-electron chi connectivity index (χ1n) is 9.46. The van der Waals surface area contributed by atoms with Crippen LogP contribution in [0.15, 0.2) is 48.5 Å². The van der Waals surface area contributed by atoms with E-state index in [1.54, 1.807) is 25.3 Å². The van der Waals surface area contributed by atoms with E-state index in [4.69, 9.17) is 16.3 Å². The van der Waals surface area contributed by atoms with Gasteiger partial charge in [-0.2, -0.15) is 0 Å². The second-order valence-corrected chi connectivity index (χ2v) is 7.27. The Labute approximate surface area is 175 Å². The van der Waals surface area contributed by atoms with E-state index in [0.29, 0.717) is 29.5 Å². The summed E-state index contributed by atoms with van der Waals surface area (Å²) in [6.45, 7) is 3.59. The number of piperazine rings is 1. The zero-order valence-electron chi connectivity index (χ0n) is 16.4. The Balaban J connectivity index is 1.39. The lowest BCUT2D eigenvalue weighted by molar-refractivity contribution is -0.120. The van der Waals surface area contributed by atoms with Gasteiger partial charge in [0.05, 0.1) is 25.2 Å². The molecule has 0 aliphatic carbocycles. The maximum Gasteiger partial charge on any atom is 0.238 e. The summed E-state index contributed by atoms with van der Waals surface area (Å²) in [6.07, 6.45) is 0. The largest absolute Gasteiger partial charge is 0.495 e. The smallest absolute Gasteiger partial charge is 0.238 e. The Bertz CT molecular complexity index is 839. The first-order chi connectivity index (χ1) is 14.0. The van der Waals surface area contributed by atoms with E-state index in [1.807, 2.05) is 30.3 Å². The molecular formula is C21H25ClN4O3. The molecule has 0 bridgehead atoms. The van der Waals surface area contributed by atoms with Crippen LogP contribution < -0.4 is 15.4 Å². The molecule has 7 nitrogen and oxygen atoms in total. The third-order valence-corrected chi connectivity index (χ3v) is 4.99. The average Bonchev–Trinajstić information content (AvgIpc) is 2.70. The van der Waals surface area contributed by atoms with Crippen LogP contribution in [0.1, 0.15) is 0 Å². The first kappa shape index (κ1) is 21.1. The number of halogens is 1. The number of para-hydroxylation sites is 1. The standard InChI is InChI=1S/C21H25ClN4O3/c1-29-19-8-7-17(13-18(19)22)24-21(28)15-26-11-9-25(10-12-26)14-20(27)23-16-5-3-2-4-6-16/h2-8,13H,9-12,14-15H2,1H3,(H,23,27)(H,24,28). The number of nitrogens with zero attached hydrogens (tertiary/aromatic N) is 2. The number of nitrogens with one attached hydrogen (secondary N) is 2. The van der Waals surface area contributed by atoms with Gasteiger partial charge in [-0.1, -0.05) is 29.8 Å². The van der Waals surface area contributed by atoms with Gasteiger partial charge in [0.2, 0.25) is 11.8 Å². The molecule has 1 heterocycles. The summed E-state index contributed by atoms with van der Waals surface area (Å²) < 4.78 is 5.11. The Morgan fingerprint density at radius 1 is 0.897 bits per heavy atom. The van der Waals surface area contributed by atoms with E-state index >= 15 is 0 Å². The number of carbonyl (C=O) groups excluding carboxylic acids is 2. The molecule has 29 heavy (non-hydrogen) atoms. The second kappa shape index (κ2) is 10.2. The van der Waals surface area contributed by atoms with Crippen LogP contribution in [-0.2, 0) is 9.59 Å². The summed E-state index contributed by atoms with van der Waals surface area (Å²) >= 11 is 6.09. The molecule has 1 aliphatic heterocycles. The normalized spacial score (nSPS) is 15.0. The molecule has 2 aromatic carbocycles. The van der Waals surface area contributed by atoms with Crippen molar-refractivity contribution in [2.45, 2.75) is 0 Å². The maximum absolute atomic E-state index is 12.3. The van der Waals surface area contributed by atoms with Crippen LogP contribution in [0.5, 0.6) is 5.75 Å². The lowest BCUT2D eigenvalue weighted by Gasteiger charge is -2.33. The number of methoxy groups -OCH3 is 1. The summed E-state index contributed by atoms with van der Waals surface area (Å²) in [6, 6.07) is 14.6. The second-order valence-electron chi connectivity index (χ2n) is 6.86. The van der Waals surface area contributed by atoms with Gasteiger partial charge in [0.1, 0.15) is 5.75 Å². The maximum atomic E-state index is 12.3. The molecule has 0 unspecified atom stereocenters. The van der Waals surface area contributed by atoms with Crippen molar-refractivity contribution in [3.8, 4) is 5.75 Å². The predicted molar refractivity (Wildman–Crippen MR) is 115 cm³/mol. The molecular weight excluding hydrogens is 392 g/mol. The Morgan fingerprint density at radius 3 is 1.97 bits per heavy atom. The summed E-state index contributed by atoms with van der Waals surface area (Å²) in [5.41, 5.74) is 1.43. The van der Waals surface area contributed by atoms with E-state index in [-0.39, 0.29) is 11.8 Å². The van der Waals surface area contributed by atoms with E-state index < -0.39 is 0 Å². The molecule has 0 radical (unpaired) electrons. The molecule has 2 amide bonds. The molecule has 0 spiro atoms. The zero-order valence-corrected chi connectivity index (χ0v) is 17.1. The monoisotopic (exact) mass is 416 g/mol.